The first-order valence-corrected chi connectivity index (χ1v) is 7.15. The van der Waals surface area contributed by atoms with Gasteiger partial charge in [-0.05, 0) is 46.1 Å². The molecule has 0 saturated carbocycles. The van der Waals surface area contributed by atoms with Gasteiger partial charge in [0, 0.05) is 17.9 Å². The Hall–Kier alpha value is -1.82. The number of nitrogens with zero attached hydrogens (tertiary/aromatic N) is 2. The maximum Gasteiger partial charge on any atom is 0.283 e. The summed E-state index contributed by atoms with van der Waals surface area (Å²) in [5.74, 6) is 0.364. The summed E-state index contributed by atoms with van der Waals surface area (Å²) in [4.78, 5) is 12.2. The number of aromatic nitrogens is 2. The van der Waals surface area contributed by atoms with Crippen LogP contribution in [0.25, 0.3) is 0 Å². The number of hydrogen-bond acceptors (Lipinski definition) is 4. The van der Waals surface area contributed by atoms with E-state index in [-0.39, 0.29) is 5.56 Å². The highest BCUT2D eigenvalue weighted by Crippen LogP contribution is 2.22. The van der Waals surface area contributed by atoms with Crippen molar-refractivity contribution in [1.29, 1.82) is 0 Å². The van der Waals surface area contributed by atoms with Crippen molar-refractivity contribution in [2.45, 2.75) is 20.4 Å². The number of rotatable bonds is 4. The molecular weight excluding hydrogens is 320 g/mol. The number of anilines is 3. The lowest BCUT2D eigenvalue weighted by molar-refractivity contribution is 0.463. The van der Waals surface area contributed by atoms with Crippen LogP contribution in [0.5, 0.6) is 0 Å². The van der Waals surface area contributed by atoms with Gasteiger partial charge in [0.15, 0.2) is 0 Å². The van der Waals surface area contributed by atoms with Crippen LogP contribution >= 0.6 is 15.9 Å². The number of benzene rings is 1. The fourth-order valence-corrected chi connectivity index (χ4v) is 2.16. The first-order valence-electron chi connectivity index (χ1n) is 6.35. The Kier molecular flexibility index (Phi) is 4.44. The monoisotopic (exact) mass is 336 g/mol. The highest BCUT2D eigenvalue weighted by Gasteiger charge is 2.10. The summed E-state index contributed by atoms with van der Waals surface area (Å²) in [7, 11) is 0. The minimum Gasteiger partial charge on any atom is -0.399 e. The summed E-state index contributed by atoms with van der Waals surface area (Å²) in [6.07, 6.45) is 1.64. The van der Waals surface area contributed by atoms with E-state index in [0.717, 1.165) is 5.69 Å². The quantitative estimate of drug-likeness (QED) is 0.842. The zero-order valence-electron chi connectivity index (χ0n) is 11.4. The topological polar surface area (TPSA) is 72.9 Å². The number of nitrogens with two attached hydrogens (primary N) is 1. The van der Waals surface area contributed by atoms with E-state index in [4.69, 9.17) is 5.73 Å². The Labute approximate surface area is 125 Å². The largest absolute Gasteiger partial charge is 0.399 e. The predicted molar refractivity (Wildman–Crippen MR) is 85.2 cm³/mol. The zero-order chi connectivity index (χ0) is 14.7. The minimum absolute atomic E-state index is 0.140. The molecule has 0 atom stereocenters. The molecule has 0 fully saturated rings. The van der Waals surface area contributed by atoms with Crippen LogP contribution in [0.2, 0.25) is 0 Å². The average molecular weight is 337 g/mol. The zero-order valence-corrected chi connectivity index (χ0v) is 13.0. The maximum absolute atomic E-state index is 12.2. The van der Waals surface area contributed by atoms with E-state index in [1.165, 1.54) is 4.68 Å². The fraction of sp³-hybridized carbons (Fsp3) is 0.286. The van der Waals surface area contributed by atoms with Crippen LogP contribution in [0.15, 0.2) is 39.7 Å². The first-order chi connectivity index (χ1) is 9.47. The van der Waals surface area contributed by atoms with Crippen molar-refractivity contribution in [2.24, 2.45) is 5.92 Å². The van der Waals surface area contributed by atoms with Crippen LogP contribution < -0.4 is 16.6 Å². The van der Waals surface area contributed by atoms with Gasteiger partial charge in [-0.15, -0.1) is 0 Å². The first kappa shape index (κ1) is 14.6. The lowest BCUT2D eigenvalue weighted by atomic mass is 10.2. The Morgan fingerprint density at radius 1 is 1.35 bits per heavy atom. The third-order valence-electron chi connectivity index (χ3n) is 2.71. The molecule has 20 heavy (non-hydrogen) atoms. The minimum atomic E-state index is -0.140. The van der Waals surface area contributed by atoms with Gasteiger partial charge in [-0.25, -0.2) is 4.68 Å². The van der Waals surface area contributed by atoms with Crippen LogP contribution in [-0.2, 0) is 6.54 Å². The Morgan fingerprint density at radius 2 is 2.00 bits per heavy atom. The second kappa shape index (κ2) is 6.09. The molecule has 0 radical (unpaired) electrons. The number of halogens is 1. The van der Waals surface area contributed by atoms with Gasteiger partial charge in [0.25, 0.3) is 5.56 Å². The van der Waals surface area contributed by atoms with Gasteiger partial charge >= 0.3 is 0 Å². The molecule has 6 heteroatoms. The summed E-state index contributed by atoms with van der Waals surface area (Å²) < 4.78 is 1.94. The summed E-state index contributed by atoms with van der Waals surface area (Å²) in [6, 6.07) is 7.29. The van der Waals surface area contributed by atoms with Crippen molar-refractivity contribution in [3.8, 4) is 0 Å². The molecule has 0 spiro atoms. The average Bonchev–Trinajstić information content (AvgIpc) is 2.40. The molecular formula is C14H17BrN4O. The molecule has 1 aromatic carbocycles. The third-order valence-corrected chi connectivity index (χ3v) is 3.48. The number of hydrogen-bond donors (Lipinski definition) is 2. The number of nitrogen functional groups attached to an aromatic ring is 1. The van der Waals surface area contributed by atoms with Crippen molar-refractivity contribution in [3.63, 3.8) is 0 Å². The van der Waals surface area contributed by atoms with Crippen molar-refractivity contribution in [3.05, 3.63) is 45.3 Å². The van der Waals surface area contributed by atoms with Crippen LogP contribution in [0.4, 0.5) is 17.1 Å². The van der Waals surface area contributed by atoms with E-state index >= 15 is 0 Å². The van der Waals surface area contributed by atoms with Crippen LogP contribution in [0.3, 0.4) is 0 Å². The van der Waals surface area contributed by atoms with Crippen molar-refractivity contribution in [2.75, 3.05) is 11.1 Å². The summed E-state index contributed by atoms with van der Waals surface area (Å²) in [5.41, 5.74) is 7.68. The maximum atomic E-state index is 12.2. The molecule has 0 saturated heterocycles. The lowest BCUT2D eigenvalue weighted by Gasteiger charge is -2.11. The van der Waals surface area contributed by atoms with Crippen LogP contribution in [-0.4, -0.2) is 9.78 Å². The van der Waals surface area contributed by atoms with Gasteiger partial charge in [-0.3, -0.25) is 4.79 Å². The second-order valence-electron chi connectivity index (χ2n) is 5.00. The normalized spacial score (nSPS) is 10.8. The van der Waals surface area contributed by atoms with E-state index in [0.29, 0.717) is 28.3 Å². The molecule has 0 unspecified atom stereocenters. The van der Waals surface area contributed by atoms with E-state index in [1.54, 1.807) is 18.3 Å². The number of nitrogens with one attached hydrogen (secondary N) is 1. The molecule has 1 heterocycles. The van der Waals surface area contributed by atoms with Crippen molar-refractivity contribution in [1.82, 2.24) is 9.78 Å². The molecule has 2 rings (SSSR count). The predicted octanol–water partition coefficient (Wildman–Crippen LogP) is 2.99. The molecule has 0 aliphatic carbocycles. The molecule has 1 aromatic heterocycles. The Balaban J connectivity index is 2.27. The molecule has 0 aliphatic heterocycles. The van der Waals surface area contributed by atoms with Gasteiger partial charge in [-0.2, -0.15) is 5.10 Å². The summed E-state index contributed by atoms with van der Waals surface area (Å²) >= 11 is 3.33. The van der Waals surface area contributed by atoms with Gasteiger partial charge < -0.3 is 11.1 Å². The van der Waals surface area contributed by atoms with E-state index in [9.17, 15) is 4.79 Å². The van der Waals surface area contributed by atoms with E-state index in [1.807, 2.05) is 26.0 Å². The molecule has 3 N–H and O–H groups in total. The van der Waals surface area contributed by atoms with E-state index in [2.05, 4.69) is 26.3 Å². The molecule has 106 valence electrons. The second-order valence-corrected chi connectivity index (χ2v) is 5.79. The van der Waals surface area contributed by atoms with Crippen LogP contribution in [0.1, 0.15) is 13.8 Å². The fourth-order valence-electron chi connectivity index (χ4n) is 1.75. The molecule has 0 bridgehead atoms. The van der Waals surface area contributed by atoms with Gasteiger partial charge in [-0.1, -0.05) is 13.8 Å². The Morgan fingerprint density at radius 3 is 2.60 bits per heavy atom. The van der Waals surface area contributed by atoms with Crippen molar-refractivity contribution < 1.29 is 0 Å². The van der Waals surface area contributed by atoms with Gasteiger partial charge in [0.1, 0.15) is 4.47 Å². The summed E-state index contributed by atoms with van der Waals surface area (Å²) in [5, 5.41) is 7.32. The van der Waals surface area contributed by atoms with Gasteiger partial charge in [0.05, 0.1) is 11.9 Å². The highest BCUT2D eigenvalue weighted by atomic mass is 79.9. The summed E-state index contributed by atoms with van der Waals surface area (Å²) in [6.45, 7) is 4.69. The molecule has 0 amide bonds. The third kappa shape index (κ3) is 3.39. The van der Waals surface area contributed by atoms with Crippen LogP contribution in [0, 0.1) is 5.92 Å². The highest BCUT2D eigenvalue weighted by molar-refractivity contribution is 9.10. The molecule has 5 nitrogen and oxygen atoms in total. The van der Waals surface area contributed by atoms with Gasteiger partial charge in [0.2, 0.25) is 0 Å². The Bertz CT molecular complexity index is 649. The smallest absolute Gasteiger partial charge is 0.283 e. The molecule has 2 aromatic rings. The standard InChI is InChI=1S/C14H17BrN4O/c1-9(2)8-19-14(20)13(15)12(7-17-19)18-11-5-3-10(16)4-6-11/h3-7,9,18H,8,16H2,1-2H3. The SMILES string of the molecule is CC(C)Cn1ncc(Nc2ccc(N)cc2)c(Br)c1=O. The van der Waals surface area contributed by atoms with E-state index < -0.39 is 0 Å². The molecule has 0 aliphatic rings. The lowest BCUT2D eigenvalue weighted by Crippen LogP contribution is -2.26. The van der Waals surface area contributed by atoms with Crippen molar-refractivity contribution >= 4 is 33.0 Å².